The van der Waals surface area contributed by atoms with Gasteiger partial charge in [0, 0.05) is 33.9 Å². The Morgan fingerprint density at radius 3 is 2.47 bits per heavy atom. The molecule has 0 aliphatic heterocycles. The first-order valence-electron chi connectivity index (χ1n) is 6.17. The maximum absolute atomic E-state index is 4.38. The second kappa shape index (κ2) is 7.62. The molecule has 0 saturated heterocycles. The Balaban J connectivity index is 1.87. The van der Waals surface area contributed by atoms with E-state index in [0.717, 1.165) is 34.7 Å². The van der Waals surface area contributed by atoms with Crippen LogP contribution in [-0.4, -0.2) is 16.5 Å². The van der Waals surface area contributed by atoms with Crippen LogP contribution >= 0.6 is 27.7 Å². The summed E-state index contributed by atoms with van der Waals surface area (Å²) in [6.45, 7) is 3.88. The number of nitrogens with one attached hydrogen (secondary N) is 1. The summed E-state index contributed by atoms with van der Waals surface area (Å²) in [5.74, 6) is 1.66. The summed E-state index contributed by atoms with van der Waals surface area (Å²) in [6, 6.07) is 8.27. The first-order valence-corrected chi connectivity index (χ1v) is 7.94. The molecule has 2 aromatic rings. The van der Waals surface area contributed by atoms with E-state index in [1.54, 1.807) is 11.8 Å². The second-order valence-corrected chi connectivity index (χ2v) is 5.99. The van der Waals surface area contributed by atoms with Crippen LogP contribution in [-0.2, 0) is 12.3 Å². The van der Waals surface area contributed by atoms with Crippen molar-refractivity contribution in [3.8, 4) is 0 Å². The van der Waals surface area contributed by atoms with Gasteiger partial charge in [0.1, 0.15) is 5.82 Å². The van der Waals surface area contributed by atoms with E-state index in [9.17, 15) is 0 Å². The molecule has 0 amide bonds. The van der Waals surface area contributed by atoms with E-state index in [1.807, 2.05) is 24.5 Å². The predicted octanol–water partition coefficient (Wildman–Crippen LogP) is 3.64. The molecule has 0 fully saturated rings. The normalized spacial score (nSPS) is 10.6. The van der Waals surface area contributed by atoms with Crippen LogP contribution in [0.3, 0.4) is 0 Å². The number of thioether (sulfide) groups is 1. The Labute approximate surface area is 126 Å². The fourth-order valence-electron chi connectivity index (χ4n) is 1.50. The standard InChI is InChI=1S/C14H16BrN3S/c1-2-16-7-11-8-17-14(18-9-11)10-19-13-5-3-12(15)4-6-13/h3-6,8-9,16H,2,7,10H2,1H3. The van der Waals surface area contributed by atoms with Gasteiger partial charge in [-0.25, -0.2) is 9.97 Å². The number of aromatic nitrogens is 2. The lowest BCUT2D eigenvalue weighted by Gasteiger charge is -2.03. The fourth-order valence-corrected chi connectivity index (χ4v) is 2.53. The van der Waals surface area contributed by atoms with Crippen LogP contribution in [0.2, 0.25) is 0 Å². The Hall–Kier alpha value is -0.910. The van der Waals surface area contributed by atoms with E-state index >= 15 is 0 Å². The van der Waals surface area contributed by atoms with Crippen molar-refractivity contribution < 1.29 is 0 Å². The fraction of sp³-hybridized carbons (Fsp3) is 0.286. The molecule has 0 spiro atoms. The molecule has 3 nitrogen and oxygen atoms in total. The average molecular weight is 338 g/mol. The number of hydrogen-bond acceptors (Lipinski definition) is 4. The van der Waals surface area contributed by atoms with Gasteiger partial charge in [0.05, 0.1) is 5.75 Å². The highest BCUT2D eigenvalue weighted by Crippen LogP contribution is 2.23. The number of rotatable bonds is 6. The summed E-state index contributed by atoms with van der Waals surface area (Å²) >= 11 is 5.17. The van der Waals surface area contributed by atoms with Gasteiger partial charge in [0.15, 0.2) is 0 Å². The third kappa shape index (κ3) is 4.93. The molecule has 100 valence electrons. The molecule has 0 bridgehead atoms. The highest BCUT2D eigenvalue weighted by molar-refractivity contribution is 9.10. The van der Waals surface area contributed by atoms with E-state index in [2.05, 4.69) is 50.3 Å². The minimum Gasteiger partial charge on any atom is -0.313 e. The highest BCUT2D eigenvalue weighted by atomic mass is 79.9. The molecule has 0 radical (unpaired) electrons. The quantitative estimate of drug-likeness (QED) is 0.816. The lowest BCUT2D eigenvalue weighted by molar-refractivity contribution is 0.719. The zero-order valence-electron chi connectivity index (χ0n) is 10.8. The van der Waals surface area contributed by atoms with Gasteiger partial charge >= 0.3 is 0 Å². The molecule has 0 saturated carbocycles. The highest BCUT2D eigenvalue weighted by Gasteiger charge is 2.00. The number of hydrogen-bond donors (Lipinski definition) is 1. The van der Waals surface area contributed by atoms with Crippen molar-refractivity contribution in [3.05, 3.63) is 52.5 Å². The van der Waals surface area contributed by atoms with E-state index in [0.29, 0.717) is 0 Å². The Morgan fingerprint density at radius 2 is 1.84 bits per heavy atom. The molecule has 0 aliphatic carbocycles. The monoisotopic (exact) mass is 337 g/mol. The van der Waals surface area contributed by atoms with E-state index < -0.39 is 0 Å². The lowest BCUT2D eigenvalue weighted by Crippen LogP contribution is -2.12. The summed E-state index contributed by atoms with van der Waals surface area (Å²) in [5.41, 5.74) is 1.12. The van der Waals surface area contributed by atoms with Crippen LogP contribution < -0.4 is 5.32 Å². The van der Waals surface area contributed by atoms with Crippen molar-refractivity contribution in [2.75, 3.05) is 6.54 Å². The zero-order chi connectivity index (χ0) is 13.5. The van der Waals surface area contributed by atoms with E-state index in [4.69, 9.17) is 0 Å². The summed E-state index contributed by atoms with van der Waals surface area (Å²) in [5, 5.41) is 3.26. The number of nitrogens with zero attached hydrogens (tertiary/aromatic N) is 2. The Kier molecular flexibility index (Phi) is 5.82. The second-order valence-electron chi connectivity index (χ2n) is 4.03. The first-order chi connectivity index (χ1) is 9.28. The van der Waals surface area contributed by atoms with Crippen molar-refractivity contribution in [2.24, 2.45) is 0 Å². The van der Waals surface area contributed by atoms with Gasteiger partial charge in [-0.15, -0.1) is 11.8 Å². The first kappa shape index (κ1) is 14.5. The van der Waals surface area contributed by atoms with Crippen LogP contribution in [0.1, 0.15) is 18.3 Å². The molecule has 0 unspecified atom stereocenters. The molecular formula is C14H16BrN3S. The van der Waals surface area contributed by atoms with Gasteiger partial charge in [-0.1, -0.05) is 22.9 Å². The maximum atomic E-state index is 4.38. The summed E-state index contributed by atoms with van der Waals surface area (Å²) in [6.07, 6.45) is 3.79. The van der Waals surface area contributed by atoms with Crippen molar-refractivity contribution in [3.63, 3.8) is 0 Å². The van der Waals surface area contributed by atoms with Gasteiger partial charge in [0.25, 0.3) is 0 Å². The van der Waals surface area contributed by atoms with Crippen molar-refractivity contribution >= 4 is 27.7 Å². The van der Waals surface area contributed by atoms with E-state index in [1.165, 1.54) is 4.90 Å². The summed E-state index contributed by atoms with van der Waals surface area (Å²) in [4.78, 5) is 9.99. The minimum absolute atomic E-state index is 0.795. The molecule has 1 aromatic heterocycles. The molecule has 0 atom stereocenters. The minimum atomic E-state index is 0.795. The lowest BCUT2D eigenvalue weighted by atomic mass is 10.3. The third-order valence-corrected chi connectivity index (χ3v) is 4.06. The van der Waals surface area contributed by atoms with Gasteiger partial charge < -0.3 is 5.32 Å². The Bertz CT molecular complexity index is 499. The zero-order valence-corrected chi connectivity index (χ0v) is 13.2. The van der Waals surface area contributed by atoms with Crippen LogP contribution in [0.5, 0.6) is 0 Å². The molecule has 1 aromatic carbocycles. The molecular weight excluding hydrogens is 322 g/mol. The Morgan fingerprint density at radius 1 is 1.16 bits per heavy atom. The van der Waals surface area contributed by atoms with Crippen LogP contribution in [0.25, 0.3) is 0 Å². The number of halogens is 1. The van der Waals surface area contributed by atoms with Crippen molar-refractivity contribution in [1.82, 2.24) is 15.3 Å². The largest absolute Gasteiger partial charge is 0.313 e. The van der Waals surface area contributed by atoms with Crippen LogP contribution in [0, 0.1) is 0 Å². The van der Waals surface area contributed by atoms with Gasteiger partial charge in [-0.3, -0.25) is 0 Å². The van der Waals surface area contributed by atoms with E-state index in [-0.39, 0.29) is 0 Å². The third-order valence-electron chi connectivity index (χ3n) is 2.52. The SMILES string of the molecule is CCNCc1cnc(CSc2ccc(Br)cc2)nc1. The smallest absolute Gasteiger partial charge is 0.138 e. The summed E-state index contributed by atoms with van der Waals surface area (Å²) in [7, 11) is 0. The molecule has 0 aliphatic rings. The molecule has 1 N–H and O–H groups in total. The van der Waals surface area contributed by atoms with Crippen LogP contribution in [0.4, 0.5) is 0 Å². The molecule has 2 rings (SSSR count). The predicted molar refractivity (Wildman–Crippen MR) is 83.1 cm³/mol. The average Bonchev–Trinajstić information content (AvgIpc) is 2.46. The van der Waals surface area contributed by atoms with Gasteiger partial charge in [0.2, 0.25) is 0 Å². The number of benzene rings is 1. The van der Waals surface area contributed by atoms with Gasteiger partial charge in [-0.05, 0) is 30.8 Å². The topological polar surface area (TPSA) is 37.8 Å². The van der Waals surface area contributed by atoms with Crippen LogP contribution in [0.15, 0.2) is 46.0 Å². The molecule has 1 heterocycles. The maximum Gasteiger partial charge on any atom is 0.138 e. The van der Waals surface area contributed by atoms with Crippen molar-refractivity contribution in [2.45, 2.75) is 24.1 Å². The van der Waals surface area contributed by atoms with Gasteiger partial charge in [-0.2, -0.15) is 0 Å². The van der Waals surface area contributed by atoms with Crippen molar-refractivity contribution in [1.29, 1.82) is 0 Å². The summed E-state index contributed by atoms with van der Waals surface area (Å²) < 4.78 is 1.10. The molecule has 5 heteroatoms. The molecule has 19 heavy (non-hydrogen) atoms.